The summed E-state index contributed by atoms with van der Waals surface area (Å²) in [4.78, 5) is 10.1. The normalized spacial score (nSPS) is 18.1. The van der Waals surface area contributed by atoms with Gasteiger partial charge in [0.05, 0.1) is 31.9 Å². The van der Waals surface area contributed by atoms with Gasteiger partial charge in [0.15, 0.2) is 17.2 Å². The smallest absolute Gasteiger partial charge is 0.243 e. The lowest BCUT2D eigenvalue weighted by Gasteiger charge is -2.34. The van der Waals surface area contributed by atoms with Crippen molar-refractivity contribution in [1.82, 2.24) is 4.31 Å². The molecule has 2 aliphatic rings. The molecule has 0 unspecified atom stereocenters. The van der Waals surface area contributed by atoms with Crippen molar-refractivity contribution in [3.63, 3.8) is 0 Å². The van der Waals surface area contributed by atoms with Crippen LogP contribution >= 0.6 is 11.8 Å². The van der Waals surface area contributed by atoms with Gasteiger partial charge in [-0.25, -0.2) is 13.4 Å². The fourth-order valence-corrected chi connectivity index (χ4v) is 6.11. The highest BCUT2D eigenvalue weighted by molar-refractivity contribution is 8.15. The minimum atomic E-state index is -3.68. The first-order valence-electron chi connectivity index (χ1n) is 10.5. The molecule has 8 nitrogen and oxygen atoms in total. The van der Waals surface area contributed by atoms with E-state index in [0.717, 1.165) is 22.1 Å². The Kier molecular flexibility index (Phi) is 6.69. The number of nitrogens with zero attached hydrogens (tertiary/aromatic N) is 3. The van der Waals surface area contributed by atoms with Gasteiger partial charge < -0.3 is 14.2 Å². The molecule has 4 rings (SSSR count). The second-order valence-electron chi connectivity index (χ2n) is 7.71. The molecule has 2 aliphatic heterocycles. The van der Waals surface area contributed by atoms with Crippen molar-refractivity contribution in [2.75, 3.05) is 40.7 Å². The highest BCUT2D eigenvalue weighted by Gasteiger charge is 2.42. The summed E-state index contributed by atoms with van der Waals surface area (Å²) < 4.78 is 43.8. The van der Waals surface area contributed by atoms with Crippen molar-refractivity contribution in [2.45, 2.75) is 23.4 Å². The van der Waals surface area contributed by atoms with Crippen LogP contribution in [-0.4, -0.2) is 69.8 Å². The molecule has 2 aromatic carbocycles. The number of hydrogen-bond acceptors (Lipinski definition) is 8. The van der Waals surface area contributed by atoms with E-state index in [-0.39, 0.29) is 4.90 Å². The van der Waals surface area contributed by atoms with Gasteiger partial charge in [-0.15, -0.1) is 11.8 Å². The van der Waals surface area contributed by atoms with Crippen molar-refractivity contribution >= 4 is 32.5 Å². The average Bonchev–Trinajstić information content (AvgIpc) is 3.21. The monoisotopic (exact) mass is 489 g/mol. The van der Waals surface area contributed by atoms with Gasteiger partial charge in [0, 0.05) is 37.6 Å². The maximum absolute atomic E-state index is 13.3. The maximum atomic E-state index is 13.3. The van der Waals surface area contributed by atoms with Gasteiger partial charge in [0.1, 0.15) is 10.8 Å². The van der Waals surface area contributed by atoms with Crippen molar-refractivity contribution in [3.8, 4) is 17.2 Å². The van der Waals surface area contributed by atoms with Gasteiger partial charge in [0.25, 0.3) is 0 Å². The van der Waals surface area contributed by atoms with Gasteiger partial charge in [-0.05, 0) is 42.7 Å². The number of hydrogen-bond donors (Lipinski definition) is 0. The second-order valence-corrected chi connectivity index (χ2v) is 10.4. The molecule has 0 aliphatic carbocycles. The number of sulfonamides is 1. The van der Waals surface area contributed by atoms with E-state index in [0.29, 0.717) is 37.4 Å². The Morgan fingerprint density at radius 3 is 2.15 bits per heavy atom. The summed E-state index contributed by atoms with van der Waals surface area (Å²) in [5.41, 5.74) is 1.19. The summed E-state index contributed by atoms with van der Waals surface area (Å²) >= 11 is 1.55. The SMILES string of the molecule is COc1ccc(C2=NC3(CCN(S(=O)(=O)c4ccc(OC)c(OC)c4)CC3)N=C2SC)cc1. The van der Waals surface area contributed by atoms with Crippen LogP contribution in [0.2, 0.25) is 0 Å². The molecule has 1 spiro atoms. The third kappa shape index (κ3) is 4.47. The van der Waals surface area contributed by atoms with E-state index in [4.69, 9.17) is 24.2 Å². The van der Waals surface area contributed by atoms with Crippen LogP contribution in [0.15, 0.2) is 57.3 Å². The predicted octanol–water partition coefficient (Wildman–Crippen LogP) is 3.46. The molecule has 0 saturated carbocycles. The number of thioether (sulfide) groups is 1. The molecular formula is C23H27N3O5S2. The van der Waals surface area contributed by atoms with Crippen molar-refractivity contribution in [1.29, 1.82) is 0 Å². The number of ether oxygens (including phenoxy) is 3. The zero-order valence-electron chi connectivity index (χ0n) is 19.1. The maximum Gasteiger partial charge on any atom is 0.243 e. The molecule has 1 fully saturated rings. The number of methoxy groups -OCH3 is 3. The van der Waals surface area contributed by atoms with Crippen molar-refractivity contribution in [3.05, 3.63) is 48.0 Å². The van der Waals surface area contributed by atoms with Crippen LogP contribution in [-0.2, 0) is 10.0 Å². The van der Waals surface area contributed by atoms with Crippen LogP contribution in [0.1, 0.15) is 18.4 Å². The molecule has 0 aromatic heterocycles. The number of piperidine rings is 1. The van der Waals surface area contributed by atoms with Gasteiger partial charge in [0.2, 0.25) is 10.0 Å². The Hall–Kier alpha value is -2.56. The summed E-state index contributed by atoms with van der Waals surface area (Å²) in [5, 5.41) is 0.872. The van der Waals surface area contributed by atoms with E-state index < -0.39 is 15.7 Å². The van der Waals surface area contributed by atoms with Crippen LogP contribution in [0.3, 0.4) is 0 Å². The first kappa shape index (κ1) is 23.6. The molecule has 33 heavy (non-hydrogen) atoms. The second kappa shape index (κ2) is 9.36. The van der Waals surface area contributed by atoms with E-state index in [2.05, 4.69) is 0 Å². The Morgan fingerprint density at radius 1 is 0.909 bits per heavy atom. The lowest BCUT2D eigenvalue weighted by molar-refractivity contribution is 0.249. The molecule has 1 saturated heterocycles. The average molecular weight is 490 g/mol. The van der Waals surface area contributed by atoms with Gasteiger partial charge in [-0.3, -0.25) is 4.99 Å². The zero-order valence-corrected chi connectivity index (χ0v) is 20.7. The van der Waals surface area contributed by atoms with Crippen LogP contribution < -0.4 is 14.2 Å². The van der Waals surface area contributed by atoms with Gasteiger partial charge >= 0.3 is 0 Å². The number of aliphatic imine (C=N–C) groups is 2. The van der Waals surface area contributed by atoms with Crippen LogP contribution in [0.5, 0.6) is 17.2 Å². The highest BCUT2D eigenvalue weighted by Crippen LogP contribution is 2.38. The minimum Gasteiger partial charge on any atom is -0.497 e. The fraction of sp³-hybridized carbons (Fsp3) is 0.391. The summed E-state index contributed by atoms with van der Waals surface area (Å²) in [6.45, 7) is 0.669. The molecule has 0 radical (unpaired) electrons. The third-order valence-electron chi connectivity index (χ3n) is 5.90. The molecular weight excluding hydrogens is 462 g/mol. The van der Waals surface area contributed by atoms with Gasteiger partial charge in [-0.2, -0.15) is 4.31 Å². The van der Waals surface area contributed by atoms with E-state index in [1.54, 1.807) is 31.0 Å². The largest absolute Gasteiger partial charge is 0.497 e. The fourth-order valence-electron chi connectivity index (χ4n) is 4.04. The van der Waals surface area contributed by atoms with E-state index in [1.165, 1.54) is 24.6 Å². The van der Waals surface area contributed by atoms with Crippen LogP contribution in [0, 0.1) is 0 Å². The Balaban J connectivity index is 1.55. The zero-order chi connectivity index (χ0) is 23.6. The molecule has 10 heteroatoms. The molecule has 0 atom stereocenters. The lowest BCUT2D eigenvalue weighted by atomic mass is 10.00. The summed E-state index contributed by atoms with van der Waals surface area (Å²) in [6.07, 6.45) is 3.01. The molecule has 0 N–H and O–H groups in total. The van der Waals surface area contributed by atoms with Crippen molar-refractivity contribution in [2.24, 2.45) is 9.98 Å². The predicted molar refractivity (Wildman–Crippen MR) is 131 cm³/mol. The molecule has 0 amide bonds. The third-order valence-corrected chi connectivity index (χ3v) is 8.47. The molecule has 2 heterocycles. The Labute approximate surface area is 198 Å². The topological polar surface area (TPSA) is 89.8 Å². The quantitative estimate of drug-likeness (QED) is 0.617. The first-order valence-corrected chi connectivity index (χ1v) is 13.1. The minimum absolute atomic E-state index is 0.179. The molecule has 176 valence electrons. The Bertz CT molecular complexity index is 1190. The lowest BCUT2D eigenvalue weighted by Crippen LogP contribution is -2.44. The number of benzene rings is 2. The van der Waals surface area contributed by atoms with Crippen molar-refractivity contribution < 1.29 is 22.6 Å². The van der Waals surface area contributed by atoms with E-state index in [9.17, 15) is 8.42 Å². The number of rotatable bonds is 6. The van der Waals surface area contributed by atoms with Crippen LogP contribution in [0.4, 0.5) is 0 Å². The summed E-state index contributed by atoms with van der Waals surface area (Å²) in [5.74, 6) is 1.65. The van der Waals surface area contributed by atoms with E-state index >= 15 is 0 Å². The van der Waals surface area contributed by atoms with E-state index in [1.807, 2.05) is 30.5 Å². The Morgan fingerprint density at radius 2 is 1.58 bits per heavy atom. The standard InChI is InChI=1S/C23H27N3O5S2/c1-29-17-7-5-16(6-8-17)21-22(32-4)25-23(24-21)11-13-26(14-12-23)33(27,28)18-9-10-19(30-2)20(15-18)31-3/h5-10,15H,11-14H2,1-4H3. The molecule has 2 aromatic rings. The molecule has 0 bridgehead atoms. The summed E-state index contributed by atoms with van der Waals surface area (Å²) in [6, 6.07) is 12.4. The van der Waals surface area contributed by atoms with Crippen LogP contribution in [0.25, 0.3) is 0 Å². The summed E-state index contributed by atoms with van der Waals surface area (Å²) in [7, 11) is 0.959. The van der Waals surface area contributed by atoms with Gasteiger partial charge in [-0.1, -0.05) is 0 Å². The highest BCUT2D eigenvalue weighted by atomic mass is 32.2. The first-order chi connectivity index (χ1) is 15.9.